The molecule has 1 atom stereocenters. The SMILES string of the molecule is CC(C)N(CCC#N)C(C)C(=O)Nc1cccc(C#N)c1. The molecular weight excluding hydrogens is 264 g/mol. The maximum atomic E-state index is 12.3. The standard InChI is InChI=1S/C16H20N4O/c1-12(2)20(9-5-8-17)13(3)16(21)19-15-7-4-6-14(10-15)11-18/h4,6-7,10,12-13H,5,9H2,1-3H3,(H,19,21). The molecule has 0 spiro atoms. The van der Waals surface area contributed by atoms with Gasteiger partial charge in [0.1, 0.15) is 0 Å². The molecule has 0 bridgehead atoms. The van der Waals surface area contributed by atoms with E-state index in [2.05, 4.69) is 11.4 Å². The minimum atomic E-state index is -0.343. The molecule has 1 unspecified atom stereocenters. The van der Waals surface area contributed by atoms with E-state index < -0.39 is 0 Å². The van der Waals surface area contributed by atoms with Gasteiger partial charge in [0, 0.05) is 24.7 Å². The Balaban J connectivity index is 2.76. The van der Waals surface area contributed by atoms with Gasteiger partial charge in [0.2, 0.25) is 5.91 Å². The minimum Gasteiger partial charge on any atom is -0.325 e. The summed E-state index contributed by atoms with van der Waals surface area (Å²) in [5.41, 5.74) is 1.11. The number of hydrogen-bond acceptors (Lipinski definition) is 4. The zero-order chi connectivity index (χ0) is 15.8. The molecule has 1 amide bonds. The first-order valence-electron chi connectivity index (χ1n) is 6.93. The average Bonchev–Trinajstić information content (AvgIpc) is 2.47. The fourth-order valence-corrected chi connectivity index (χ4v) is 2.14. The molecule has 1 rings (SSSR count). The van der Waals surface area contributed by atoms with Crippen molar-refractivity contribution in [1.29, 1.82) is 10.5 Å². The van der Waals surface area contributed by atoms with E-state index in [1.165, 1.54) is 0 Å². The molecule has 5 heteroatoms. The van der Waals surface area contributed by atoms with E-state index >= 15 is 0 Å². The van der Waals surface area contributed by atoms with Gasteiger partial charge < -0.3 is 5.32 Å². The smallest absolute Gasteiger partial charge is 0.241 e. The van der Waals surface area contributed by atoms with Crippen LogP contribution in [0.2, 0.25) is 0 Å². The third kappa shape index (κ3) is 4.91. The molecule has 0 heterocycles. The van der Waals surface area contributed by atoms with E-state index in [1.54, 1.807) is 24.3 Å². The lowest BCUT2D eigenvalue weighted by Gasteiger charge is -2.31. The third-order valence-corrected chi connectivity index (χ3v) is 3.28. The summed E-state index contributed by atoms with van der Waals surface area (Å²) in [4.78, 5) is 14.3. The van der Waals surface area contributed by atoms with Crippen LogP contribution in [0.25, 0.3) is 0 Å². The number of nitriles is 2. The number of carbonyl (C=O) groups is 1. The monoisotopic (exact) mass is 284 g/mol. The molecule has 1 N–H and O–H groups in total. The maximum Gasteiger partial charge on any atom is 0.241 e. The van der Waals surface area contributed by atoms with E-state index in [1.807, 2.05) is 31.7 Å². The molecule has 21 heavy (non-hydrogen) atoms. The summed E-state index contributed by atoms with van der Waals surface area (Å²) in [5, 5.41) is 20.4. The van der Waals surface area contributed by atoms with Gasteiger partial charge in [-0.3, -0.25) is 9.69 Å². The van der Waals surface area contributed by atoms with Gasteiger partial charge in [-0.05, 0) is 39.0 Å². The first-order chi connectivity index (χ1) is 9.99. The van der Waals surface area contributed by atoms with Crippen LogP contribution in [0.4, 0.5) is 5.69 Å². The van der Waals surface area contributed by atoms with Crippen LogP contribution in [-0.4, -0.2) is 29.4 Å². The number of rotatable bonds is 6. The van der Waals surface area contributed by atoms with E-state index in [0.717, 1.165) is 0 Å². The Morgan fingerprint density at radius 2 is 2.05 bits per heavy atom. The first-order valence-corrected chi connectivity index (χ1v) is 6.93. The second kappa shape index (κ2) is 8.04. The molecule has 0 aliphatic carbocycles. The number of hydrogen-bond donors (Lipinski definition) is 1. The minimum absolute atomic E-state index is 0.142. The van der Waals surface area contributed by atoms with Crippen LogP contribution in [0.3, 0.4) is 0 Å². The molecule has 0 aromatic heterocycles. The van der Waals surface area contributed by atoms with Crippen molar-refractivity contribution in [2.75, 3.05) is 11.9 Å². The van der Waals surface area contributed by atoms with Crippen molar-refractivity contribution < 1.29 is 4.79 Å². The van der Waals surface area contributed by atoms with E-state index in [9.17, 15) is 4.79 Å². The zero-order valence-corrected chi connectivity index (χ0v) is 12.6. The van der Waals surface area contributed by atoms with Crippen molar-refractivity contribution in [1.82, 2.24) is 4.90 Å². The summed E-state index contributed by atoms with van der Waals surface area (Å²) < 4.78 is 0. The molecule has 0 saturated carbocycles. The van der Waals surface area contributed by atoms with Crippen LogP contribution in [0.1, 0.15) is 32.8 Å². The van der Waals surface area contributed by atoms with Crippen molar-refractivity contribution in [3.05, 3.63) is 29.8 Å². The van der Waals surface area contributed by atoms with Gasteiger partial charge in [0.05, 0.1) is 23.7 Å². The summed E-state index contributed by atoms with van der Waals surface area (Å²) >= 11 is 0. The number of benzene rings is 1. The highest BCUT2D eigenvalue weighted by molar-refractivity contribution is 5.94. The molecule has 5 nitrogen and oxygen atoms in total. The normalized spacial score (nSPS) is 11.8. The highest BCUT2D eigenvalue weighted by Gasteiger charge is 2.23. The fourth-order valence-electron chi connectivity index (χ4n) is 2.14. The third-order valence-electron chi connectivity index (χ3n) is 3.28. The Labute approximate surface area is 125 Å². The second-order valence-electron chi connectivity index (χ2n) is 5.10. The van der Waals surface area contributed by atoms with Gasteiger partial charge >= 0.3 is 0 Å². The molecule has 0 aliphatic rings. The Kier molecular flexibility index (Phi) is 6.39. The summed E-state index contributed by atoms with van der Waals surface area (Å²) in [5.74, 6) is -0.142. The summed E-state index contributed by atoms with van der Waals surface area (Å²) in [7, 11) is 0. The molecule has 1 aromatic carbocycles. The second-order valence-corrected chi connectivity index (χ2v) is 5.10. The van der Waals surface area contributed by atoms with Crippen LogP contribution < -0.4 is 5.32 Å². The van der Waals surface area contributed by atoms with Crippen molar-refractivity contribution in [3.8, 4) is 12.1 Å². The van der Waals surface area contributed by atoms with Gasteiger partial charge in [-0.2, -0.15) is 10.5 Å². The molecule has 0 saturated heterocycles. The summed E-state index contributed by atoms with van der Waals surface area (Å²) in [6, 6.07) is 10.8. The topological polar surface area (TPSA) is 79.9 Å². The predicted molar refractivity (Wildman–Crippen MR) is 81.3 cm³/mol. The Morgan fingerprint density at radius 3 is 2.62 bits per heavy atom. The van der Waals surface area contributed by atoms with Crippen LogP contribution in [0, 0.1) is 22.7 Å². The van der Waals surface area contributed by atoms with Gasteiger partial charge in [-0.1, -0.05) is 6.07 Å². The zero-order valence-electron chi connectivity index (χ0n) is 12.6. The van der Waals surface area contributed by atoms with Crippen LogP contribution >= 0.6 is 0 Å². The van der Waals surface area contributed by atoms with E-state index in [-0.39, 0.29) is 18.0 Å². The Bertz CT molecular complexity index is 568. The summed E-state index contributed by atoms with van der Waals surface area (Å²) in [6.07, 6.45) is 0.389. The highest BCUT2D eigenvalue weighted by atomic mass is 16.2. The number of nitrogens with zero attached hydrogens (tertiary/aromatic N) is 3. The number of carbonyl (C=O) groups excluding carboxylic acids is 1. The van der Waals surface area contributed by atoms with Crippen molar-refractivity contribution >= 4 is 11.6 Å². The van der Waals surface area contributed by atoms with E-state index in [0.29, 0.717) is 24.2 Å². The lowest BCUT2D eigenvalue weighted by molar-refractivity contribution is -0.121. The average molecular weight is 284 g/mol. The molecular formula is C16H20N4O. The van der Waals surface area contributed by atoms with Gasteiger partial charge in [0.15, 0.2) is 0 Å². The van der Waals surface area contributed by atoms with Gasteiger partial charge in [-0.15, -0.1) is 0 Å². The number of amides is 1. The van der Waals surface area contributed by atoms with Gasteiger partial charge in [0.25, 0.3) is 0 Å². The van der Waals surface area contributed by atoms with Gasteiger partial charge in [-0.25, -0.2) is 0 Å². The lowest BCUT2D eigenvalue weighted by atomic mass is 10.1. The van der Waals surface area contributed by atoms with Crippen molar-refractivity contribution in [3.63, 3.8) is 0 Å². The highest BCUT2D eigenvalue weighted by Crippen LogP contribution is 2.13. The number of anilines is 1. The Morgan fingerprint density at radius 1 is 1.33 bits per heavy atom. The molecule has 1 aromatic rings. The molecule has 0 fully saturated rings. The largest absolute Gasteiger partial charge is 0.325 e. The Hall–Kier alpha value is -2.37. The predicted octanol–water partition coefficient (Wildman–Crippen LogP) is 2.51. The van der Waals surface area contributed by atoms with Crippen LogP contribution in [0.5, 0.6) is 0 Å². The maximum absolute atomic E-state index is 12.3. The van der Waals surface area contributed by atoms with Crippen LogP contribution in [0.15, 0.2) is 24.3 Å². The first kappa shape index (κ1) is 16.7. The lowest BCUT2D eigenvalue weighted by Crippen LogP contribution is -2.46. The van der Waals surface area contributed by atoms with Crippen molar-refractivity contribution in [2.24, 2.45) is 0 Å². The fraction of sp³-hybridized carbons (Fsp3) is 0.438. The van der Waals surface area contributed by atoms with E-state index in [4.69, 9.17) is 10.5 Å². The van der Waals surface area contributed by atoms with Crippen LogP contribution in [-0.2, 0) is 4.79 Å². The molecule has 0 aliphatic heterocycles. The molecule has 0 radical (unpaired) electrons. The molecule has 110 valence electrons. The quantitative estimate of drug-likeness (QED) is 0.870. The van der Waals surface area contributed by atoms with Crippen molar-refractivity contribution in [2.45, 2.75) is 39.3 Å². The summed E-state index contributed by atoms with van der Waals surface area (Å²) in [6.45, 7) is 6.37. The number of nitrogens with one attached hydrogen (secondary N) is 1.